The Kier molecular flexibility index (Phi) is 5.10. The van der Waals surface area contributed by atoms with Gasteiger partial charge < -0.3 is 14.8 Å². The molecular weight excluding hydrogens is 311 g/mol. The van der Waals surface area contributed by atoms with Crippen LogP contribution in [0.25, 0.3) is 0 Å². The van der Waals surface area contributed by atoms with Crippen molar-refractivity contribution < 1.29 is 27.5 Å². The molecule has 0 aliphatic rings. The van der Waals surface area contributed by atoms with Crippen LogP contribution in [-0.2, 0) is 6.18 Å². The number of nitrogens with one attached hydrogen (secondary N) is 1. The van der Waals surface area contributed by atoms with E-state index in [1.54, 1.807) is 6.92 Å². The zero-order chi connectivity index (χ0) is 17.0. The molecule has 124 valence electrons. The van der Waals surface area contributed by atoms with Gasteiger partial charge in [-0.1, -0.05) is 19.1 Å². The summed E-state index contributed by atoms with van der Waals surface area (Å²) in [5, 5.41) is 12.9. The van der Waals surface area contributed by atoms with Crippen molar-refractivity contribution in [2.45, 2.75) is 31.7 Å². The number of rotatable bonds is 5. The second kappa shape index (κ2) is 6.87. The molecule has 7 heteroatoms. The summed E-state index contributed by atoms with van der Waals surface area (Å²) < 4.78 is 42.4. The van der Waals surface area contributed by atoms with Gasteiger partial charge >= 0.3 is 6.18 Å². The Labute approximate surface area is 130 Å². The van der Waals surface area contributed by atoms with Gasteiger partial charge in [-0.25, -0.2) is 0 Å². The maximum Gasteiger partial charge on any atom is 0.416 e. The van der Waals surface area contributed by atoms with Crippen molar-refractivity contribution in [1.82, 2.24) is 5.32 Å². The highest BCUT2D eigenvalue weighted by Crippen LogP contribution is 2.30. The van der Waals surface area contributed by atoms with Gasteiger partial charge in [0, 0.05) is 0 Å². The van der Waals surface area contributed by atoms with Crippen LogP contribution in [-0.4, -0.2) is 17.1 Å². The molecule has 0 saturated carbocycles. The summed E-state index contributed by atoms with van der Waals surface area (Å²) in [5.74, 6) is -0.420. The van der Waals surface area contributed by atoms with Gasteiger partial charge in [0.1, 0.15) is 6.26 Å². The van der Waals surface area contributed by atoms with E-state index in [1.165, 1.54) is 30.7 Å². The number of benzene rings is 1. The minimum Gasteiger partial charge on any atom is -0.472 e. The van der Waals surface area contributed by atoms with Crippen molar-refractivity contribution in [2.75, 3.05) is 0 Å². The molecule has 4 nitrogen and oxygen atoms in total. The Balaban J connectivity index is 2.10. The van der Waals surface area contributed by atoms with E-state index in [9.17, 15) is 23.1 Å². The molecule has 1 aromatic carbocycles. The molecule has 0 saturated heterocycles. The van der Waals surface area contributed by atoms with Crippen LogP contribution in [0.4, 0.5) is 13.2 Å². The molecule has 0 aliphatic carbocycles. The first-order valence-corrected chi connectivity index (χ1v) is 7.01. The van der Waals surface area contributed by atoms with E-state index in [-0.39, 0.29) is 0 Å². The normalized spacial score (nSPS) is 14.3. The van der Waals surface area contributed by atoms with E-state index < -0.39 is 29.8 Å². The number of furan rings is 1. The number of amides is 1. The molecule has 0 radical (unpaired) electrons. The minimum atomic E-state index is -4.43. The van der Waals surface area contributed by atoms with Crippen LogP contribution in [0.3, 0.4) is 0 Å². The van der Waals surface area contributed by atoms with Crippen LogP contribution in [0, 0.1) is 0 Å². The van der Waals surface area contributed by atoms with Crippen molar-refractivity contribution >= 4 is 5.91 Å². The molecule has 1 amide bonds. The number of alkyl halides is 3. The first-order chi connectivity index (χ1) is 10.8. The zero-order valence-corrected chi connectivity index (χ0v) is 12.3. The number of halogens is 3. The van der Waals surface area contributed by atoms with Crippen LogP contribution in [0.1, 0.15) is 40.9 Å². The molecule has 1 heterocycles. The van der Waals surface area contributed by atoms with E-state index in [0.717, 1.165) is 12.1 Å². The molecule has 0 bridgehead atoms. The summed E-state index contributed by atoms with van der Waals surface area (Å²) in [4.78, 5) is 12.0. The lowest BCUT2D eigenvalue weighted by atomic mass is 9.98. The standard InChI is InChI=1S/C16H16F3NO3/c1-2-13(20-15(22)11-7-8-23-9-11)14(21)10-3-5-12(6-4-10)16(17,18)19/h3-9,13-14,21H,2H2,1H3,(H,20,22)/t13-,14-/m0/s1. The van der Waals surface area contributed by atoms with E-state index >= 15 is 0 Å². The third kappa shape index (κ3) is 4.13. The summed E-state index contributed by atoms with van der Waals surface area (Å²) in [6.07, 6.45) is -2.51. The number of hydrogen-bond donors (Lipinski definition) is 2. The predicted molar refractivity (Wildman–Crippen MR) is 76.7 cm³/mol. The van der Waals surface area contributed by atoms with E-state index in [4.69, 9.17) is 4.42 Å². The van der Waals surface area contributed by atoms with Gasteiger partial charge in [0.15, 0.2) is 0 Å². The third-order valence-corrected chi connectivity index (χ3v) is 3.50. The Hall–Kier alpha value is -2.28. The summed E-state index contributed by atoms with van der Waals surface area (Å²) in [6.45, 7) is 1.76. The fourth-order valence-corrected chi connectivity index (χ4v) is 2.15. The molecular formula is C16H16F3NO3. The second-order valence-electron chi connectivity index (χ2n) is 5.06. The highest BCUT2D eigenvalue weighted by Gasteiger charge is 2.30. The van der Waals surface area contributed by atoms with Gasteiger partial charge in [-0.2, -0.15) is 13.2 Å². The average molecular weight is 327 g/mol. The maximum atomic E-state index is 12.5. The van der Waals surface area contributed by atoms with Crippen LogP contribution in [0.2, 0.25) is 0 Å². The molecule has 2 N–H and O–H groups in total. The summed E-state index contributed by atoms with van der Waals surface area (Å²) in [5.41, 5.74) is -0.177. The Morgan fingerprint density at radius 1 is 1.26 bits per heavy atom. The summed E-state index contributed by atoms with van der Waals surface area (Å²) in [6, 6.07) is 5.08. The number of carbonyl (C=O) groups is 1. The van der Waals surface area contributed by atoms with Crippen LogP contribution in [0.5, 0.6) is 0 Å². The van der Waals surface area contributed by atoms with Gasteiger partial charge in [-0.05, 0) is 30.2 Å². The van der Waals surface area contributed by atoms with Crippen LogP contribution in [0.15, 0.2) is 47.3 Å². The highest BCUT2D eigenvalue weighted by atomic mass is 19.4. The van der Waals surface area contributed by atoms with Crippen molar-refractivity contribution in [3.8, 4) is 0 Å². The molecule has 0 aliphatic heterocycles. The first kappa shape index (κ1) is 17.1. The topological polar surface area (TPSA) is 62.5 Å². The fourth-order valence-electron chi connectivity index (χ4n) is 2.15. The Bertz CT molecular complexity index is 636. The Morgan fingerprint density at radius 3 is 2.39 bits per heavy atom. The lowest BCUT2D eigenvalue weighted by Gasteiger charge is -2.23. The van der Waals surface area contributed by atoms with Gasteiger partial charge in [-0.3, -0.25) is 4.79 Å². The van der Waals surface area contributed by atoms with Crippen molar-refractivity contribution in [3.63, 3.8) is 0 Å². The molecule has 0 spiro atoms. The molecule has 2 rings (SSSR count). The van der Waals surface area contributed by atoms with Crippen molar-refractivity contribution in [2.24, 2.45) is 0 Å². The zero-order valence-electron chi connectivity index (χ0n) is 12.3. The van der Waals surface area contributed by atoms with E-state index in [2.05, 4.69) is 5.32 Å². The van der Waals surface area contributed by atoms with E-state index in [0.29, 0.717) is 17.5 Å². The van der Waals surface area contributed by atoms with Gasteiger partial charge in [0.2, 0.25) is 0 Å². The monoisotopic (exact) mass is 327 g/mol. The van der Waals surface area contributed by atoms with Crippen LogP contribution < -0.4 is 5.32 Å². The lowest BCUT2D eigenvalue weighted by molar-refractivity contribution is -0.137. The van der Waals surface area contributed by atoms with E-state index in [1.807, 2.05) is 0 Å². The highest BCUT2D eigenvalue weighted by molar-refractivity contribution is 5.94. The smallest absolute Gasteiger partial charge is 0.416 e. The summed E-state index contributed by atoms with van der Waals surface area (Å²) in [7, 11) is 0. The average Bonchev–Trinajstić information content (AvgIpc) is 3.05. The molecule has 2 atom stereocenters. The first-order valence-electron chi connectivity index (χ1n) is 7.01. The maximum absolute atomic E-state index is 12.5. The van der Waals surface area contributed by atoms with Gasteiger partial charge in [0.25, 0.3) is 5.91 Å². The summed E-state index contributed by atoms with van der Waals surface area (Å²) >= 11 is 0. The second-order valence-corrected chi connectivity index (χ2v) is 5.06. The van der Waals surface area contributed by atoms with Crippen molar-refractivity contribution in [1.29, 1.82) is 0 Å². The van der Waals surface area contributed by atoms with Crippen LogP contribution >= 0.6 is 0 Å². The third-order valence-electron chi connectivity index (χ3n) is 3.50. The molecule has 23 heavy (non-hydrogen) atoms. The largest absolute Gasteiger partial charge is 0.472 e. The molecule has 0 fully saturated rings. The SMILES string of the molecule is CC[C@H](NC(=O)c1ccoc1)[C@@H](O)c1ccc(C(F)(F)F)cc1. The quantitative estimate of drug-likeness (QED) is 0.883. The predicted octanol–water partition coefficient (Wildman–Crippen LogP) is 3.54. The number of aliphatic hydroxyl groups excluding tert-OH is 1. The fraction of sp³-hybridized carbons (Fsp3) is 0.312. The molecule has 0 unspecified atom stereocenters. The van der Waals surface area contributed by atoms with Gasteiger partial charge in [0.05, 0.1) is 29.5 Å². The molecule has 2 aromatic rings. The Morgan fingerprint density at radius 2 is 1.91 bits per heavy atom. The lowest BCUT2D eigenvalue weighted by Crippen LogP contribution is -2.38. The minimum absolute atomic E-state index is 0.303. The molecule has 1 aromatic heterocycles. The van der Waals surface area contributed by atoms with Gasteiger partial charge in [-0.15, -0.1) is 0 Å². The number of carbonyl (C=O) groups excluding carboxylic acids is 1. The van der Waals surface area contributed by atoms with Crippen molar-refractivity contribution in [3.05, 3.63) is 59.5 Å². The number of hydrogen-bond acceptors (Lipinski definition) is 3. The number of aliphatic hydroxyl groups is 1.